The lowest BCUT2D eigenvalue weighted by Gasteiger charge is -2.24. The van der Waals surface area contributed by atoms with E-state index in [-0.39, 0.29) is 12.2 Å². The molecule has 1 unspecified atom stereocenters. The molecule has 2 aliphatic rings. The van der Waals surface area contributed by atoms with Crippen LogP contribution in [0.4, 0.5) is 10.5 Å². The predicted octanol–water partition coefficient (Wildman–Crippen LogP) is 2.27. The van der Waals surface area contributed by atoms with Gasteiger partial charge < -0.3 is 24.4 Å². The number of rotatable bonds is 2. The van der Waals surface area contributed by atoms with E-state index in [9.17, 15) is 4.79 Å². The first kappa shape index (κ1) is 15.7. The van der Waals surface area contributed by atoms with Gasteiger partial charge >= 0.3 is 6.09 Å². The number of aromatic nitrogens is 1. The van der Waals surface area contributed by atoms with Gasteiger partial charge in [-0.1, -0.05) is 0 Å². The number of hydrogen-bond donors (Lipinski definition) is 1. The number of nitrogens with one attached hydrogen (secondary N) is 1. The molecular weight excluding hydrogens is 298 g/mol. The van der Waals surface area contributed by atoms with Crippen LogP contribution in [0.2, 0.25) is 0 Å². The molecule has 1 aromatic heterocycles. The Morgan fingerprint density at radius 1 is 1.48 bits per heavy atom. The van der Waals surface area contributed by atoms with E-state index in [4.69, 9.17) is 14.2 Å². The summed E-state index contributed by atoms with van der Waals surface area (Å²) in [5.41, 5.74) is 0.408. The van der Waals surface area contributed by atoms with Crippen molar-refractivity contribution in [3.05, 3.63) is 12.3 Å². The fourth-order valence-electron chi connectivity index (χ4n) is 2.58. The molecule has 0 aliphatic carbocycles. The van der Waals surface area contributed by atoms with Crippen molar-refractivity contribution in [3.8, 4) is 11.6 Å². The highest BCUT2D eigenvalue weighted by molar-refractivity contribution is 5.68. The minimum atomic E-state index is -0.484. The summed E-state index contributed by atoms with van der Waals surface area (Å²) in [6, 6.07) is 1.84. The molecule has 0 bridgehead atoms. The van der Waals surface area contributed by atoms with E-state index in [1.165, 1.54) is 0 Å². The summed E-state index contributed by atoms with van der Waals surface area (Å²) < 4.78 is 16.8. The second-order valence-electron chi connectivity index (χ2n) is 6.75. The lowest BCUT2D eigenvalue weighted by atomic mass is 10.2. The smallest absolute Gasteiger partial charge is 0.410 e. The molecule has 1 amide bonds. The molecule has 1 N–H and O–H groups in total. The number of carbonyl (C=O) groups is 1. The fraction of sp³-hybridized carbons (Fsp3) is 0.625. The number of pyridine rings is 1. The third-order valence-electron chi connectivity index (χ3n) is 3.60. The van der Waals surface area contributed by atoms with Crippen molar-refractivity contribution >= 4 is 11.8 Å². The summed E-state index contributed by atoms with van der Waals surface area (Å²) in [6.45, 7) is 8.14. The monoisotopic (exact) mass is 321 g/mol. The van der Waals surface area contributed by atoms with E-state index in [0.717, 1.165) is 24.4 Å². The number of likely N-dealkylation sites (tertiary alicyclic amines) is 1. The molecule has 1 fully saturated rings. The lowest BCUT2D eigenvalue weighted by Crippen LogP contribution is -2.36. The van der Waals surface area contributed by atoms with Gasteiger partial charge in [0.1, 0.15) is 18.3 Å². The Morgan fingerprint density at radius 3 is 3.09 bits per heavy atom. The number of amides is 1. The van der Waals surface area contributed by atoms with Gasteiger partial charge in [0.25, 0.3) is 0 Å². The van der Waals surface area contributed by atoms with Crippen molar-refractivity contribution in [2.75, 3.05) is 31.6 Å². The van der Waals surface area contributed by atoms with Gasteiger partial charge in [0.05, 0.1) is 18.4 Å². The Balaban J connectivity index is 1.57. The molecule has 2 aliphatic heterocycles. The average Bonchev–Trinajstić information content (AvgIpc) is 2.94. The van der Waals surface area contributed by atoms with Crippen molar-refractivity contribution in [2.45, 2.75) is 38.9 Å². The molecule has 1 saturated heterocycles. The van der Waals surface area contributed by atoms with Gasteiger partial charge in [-0.25, -0.2) is 9.78 Å². The lowest BCUT2D eigenvalue weighted by molar-refractivity contribution is 0.0275. The Hall–Kier alpha value is -2.18. The Labute approximate surface area is 135 Å². The van der Waals surface area contributed by atoms with Gasteiger partial charge in [-0.05, 0) is 20.8 Å². The van der Waals surface area contributed by atoms with Crippen LogP contribution in [0.5, 0.6) is 11.6 Å². The highest BCUT2D eigenvalue weighted by Crippen LogP contribution is 2.30. The number of anilines is 1. The second-order valence-corrected chi connectivity index (χ2v) is 6.75. The van der Waals surface area contributed by atoms with E-state index in [1.54, 1.807) is 11.1 Å². The number of ether oxygens (including phenoxy) is 3. The van der Waals surface area contributed by atoms with Gasteiger partial charge in [0.2, 0.25) is 5.88 Å². The summed E-state index contributed by atoms with van der Waals surface area (Å²) in [7, 11) is 0. The fourth-order valence-corrected chi connectivity index (χ4v) is 2.58. The van der Waals surface area contributed by atoms with Crippen LogP contribution in [0.1, 0.15) is 27.2 Å². The zero-order chi connectivity index (χ0) is 16.4. The van der Waals surface area contributed by atoms with Crippen LogP contribution >= 0.6 is 0 Å². The third kappa shape index (κ3) is 3.97. The second kappa shape index (κ2) is 6.14. The number of hydrogen-bond acceptors (Lipinski definition) is 6. The summed E-state index contributed by atoms with van der Waals surface area (Å²) in [6.07, 6.45) is 2.06. The largest absolute Gasteiger partial charge is 0.488 e. The average molecular weight is 321 g/mol. The van der Waals surface area contributed by atoms with Crippen molar-refractivity contribution in [1.29, 1.82) is 0 Å². The van der Waals surface area contributed by atoms with Crippen LogP contribution in [0.3, 0.4) is 0 Å². The Morgan fingerprint density at radius 2 is 2.30 bits per heavy atom. The van der Waals surface area contributed by atoms with Crippen LogP contribution in [0, 0.1) is 0 Å². The van der Waals surface area contributed by atoms with Gasteiger partial charge in [-0.2, -0.15) is 0 Å². The molecule has 0 radical (unpaired) electrons. The summed E-state index contributed by atoms with van der Waals surface area (Å²) in [5.74, 6) is 1.28. The van der Waals surface area contributed by atoms with Crippen molar-refractivity contribution < 1.29 is 19.0 Å². The molecule has 126 valence electrons. The molecule has 3 heterocycles. The molecule has 1 aromatic rings. The first-order valence-electron chi connectivity index (χ1n) is 7.92. The maximum absolute atomic E-state index is 12.1. The number of nitrogens with zero attached hydrogens (tertiary/aromatic N) is 2. The van der Waals surface area contributed by atoms with E-state index >= 15 is 0 Å². The van der Waals surface area contributed by atoms with Crippen molar-refractivity contribution in [2.24, 2.45) is 0 Å². The SMILES string of the molecule is CC(C)(C)OC(=O)N1CCC(Oc2cc3c(cn2)OCCN3)C1. The summed E-state index contributed by atoms with van der Waals surface area (Å²) >= 11 is 0. The zero-order valence-electron chi connectivity index (χ0n) is 13.8. The van der Waals surface area contributed by atoms with Crippen LogP contribution in [-0.2, 0) is 4.74 Å². The van der Waals surface area contributed by atoms with Gasteiger partial charge in [0.15, 0.2) is 5.75 Å². The molecule has 0 saturated carbocycles. The van der Waals surface area contributed by atoms with E-state index in [0.29, 0.717) is 25.6 Å². The summed E-state index contributed by atoms with van der Waals surface area (Å²) in [4.78, 5) is 18.0. The molecule has 7 heteroatoms. The molecule has 7 nitrogen and oxygen atoms in total. The van der Waals surface area contributed by atoms with Gasteiger partial charge in [-0.15, -0.1) is 0 Å². The standard InChI is InChI=1S/C16H23N3O4/c1-16(2,3)23-15(20)19-6-4-11(10-19)22-14-8-12-13(9-18-14)21-7-5-17-12/h8-9,11,17H,4-7,10H2,1-3H3. The van der Waals surface area contributed by atoms with E-state index < -0.39 is 5.60 Å². The molecular formula is C16H23N3O4. The number of fused-ring (bicyclic) bond motifs is 1. The number of carbonyl (C=O) groups excluding carboxylic acids is 1. The molecule has 1 atom stereocenters. The zero-order valence-corrected chi connectivity index (χ0v) is 13.8. The molecule has 23 heavy (non-hydrogen) atoms. The van der Waals surface area contributed by atoms with Crippen molar-refractivity contribution in [1.82, 2.24) is 9.88 Å². The maximum atomic E-state index is 12.1. The third-order valence-corrected chi connectivity index (χ3v) is 3.60. The quantitative estimate of drug-likeness (QED) is 0.901. The highest BCUT2D eigenvalue weighted by atomic mass is 16.6. The topological polar surface area (TPSA) is 72.9 Å². The highest BCUT2D eigenvalue weighted by Gasteiger charge is 2.31. The van der Waals surface area contributed by atoms with Crippen LogP contribution < -0.4 is 14.8 Å². The minimum absolute atomic E-state index is 0.0717. The minimum Gasteiger partial charge on any atom is -0.488 e. The van der Waals surface area contributed by atoms with E-state index in [2.05, 4.69) is 10.3 Å². The van der Waals surface area contributed by atoms with Crippen molar-refractivity contribution in [3.63, 3.8) is 0 Å². The molecule has 0 aromatic carbocycles. The molecule has 3 rings (SSSR count). The van der Waals surface area contributed by atoms with Crippen LogP contribution in [0.15, 0.2) is 12.3 Å². The molecule has 0 spiro atoms. The van der Waals surface area contributed by atoms with E-state index in [1.807, 2.05) is 26.8 Å². The Kier molecular flexibility index (Phi) is 4.19. The summed E-state index contributed by atoms with van der Waals surface area (Å²) in [5, 5.41) is 3.25. The Bertz CT molecular complexity index is 585. The first-order valence-corrected chi connectivity index (χ1v) is 7.92. The van der Waals surface area contributed by atoms with Gasteiger partial charge in [0, 0.05) is 25.6 Å². The normalized spacial score (nSPS) is 20.3. The predicted molar refractivity (Wildman–Crippen MR) is 85.1 cm³/mol. The maximum Gasteiger partial charge on any atom is 0.410 e. The first-order chi connectivity index (χ1) is 10.9. The van der Waals surface area contributed by atoms with Crippen LogP contribution in [0.25, 0.3) is 0 Å². The van der Waals surface area contributed by atoms with Gasteiger partial charge in [-0.3, -0.25) is 0 Å². The van der Waals surface area contributed by atoms with Crippen LogP contribution in [-0.4, -0.2) is 53.9 Å².